The van der Waals surface area contributed by atoms with Gasteiger partial charge < -0.3 is 20.3 Å². The van der Waals surface area contributed by atoms with Crippen molar-refractivity contribution < 1.29 is 24.5 Å². The molecule has 0 saturated carbocycles. The monoisotopic (exact) mass is 988 g/mol. The van der Waals surface area contributed by atoms with Gasteiger partial charge in [0.2, 0.25) is 5.91 Å². The van der Waals surface area contributed by atoms with E-state index in [2.05, 4.69) is 31.3 Å². The normalized spacial score (nSPS) is 12.6. The van der Waals surface area contributed by atoms with Crippen molar-refractivity contribution in [2.45, 2.75) is 373 Å². The Balaban J connectivity index is 3.35. The van der Waals surface area contributed by atoms with Crippen molar-refractivity contribution in [3.8, 4) is 0 Å². The zero-order valence-electron chi connectivity index (χ0n) is 47.5. The standard InChI is InChI=1S/C64H125NO5/c1-3-5-7-9-11-13-15-33-37-40-44-48-52-56-62(67)61(60-66)65-63(68)57-53-49-45-41-38-34-31-29-27-25-23-21-19-17-16-18-20-22-24-26-28-30-32-35-39-43-47-51-55-59-70-64(69)58-54-50-46-42-36-14-12-10-8-6-4-2/h16,18,61-62,66-67H,3-15,17,19-60H2,1-2H3,(H,65,68)/b18-16-. The molecule has 3 N–H and O–H groups in total. The van der Waals surface area contributed by atoms with Crippen LogP contribution in [0.2, 0.25) is 0 Å². The summed E-state index contributed by atoms with van der Waals surface area (Å²) in [6, 6.07) is -0.539. The van der Waals surface area contributed by atoms with E-state index in [9.17, 15) is 19.8 Å². The van der Waals surface area contributed by atoms with Crippen LogP contribution in [0.3, 0.4) is 0 Å². The van der Waals surface area contributed by atoms with Gasteiger partial charge in [-0.05, 0) is 51.4 Å². The second kappa shape index (κ2) is 60.2. The SMILES string of the molecule is CCCCCCCCCCCCCCCC(O)C(CO)NC(=O)CCCCCCCCCCCCCCC/C=C\CCCCCCCCCCCCCCOC(=O)CCCCCCCCCCCCC. The van der Waals surface area contributed by atoms with Crippen molar-refractivity contribution in [1.29, 1.82) is 0 Å². The summed E-state index contributed by atoms with van der Waals surface area (Å²) < 4.78 is 5.47. The first kappa shape index (κ1) is 68.6. The molecular formula is C64H125NO5. The van der Waals surface area contributed by atoms with Crippen molar-refractivity contribution >= 4 is 11.9 Å². The number of aliphatic hydroxyl groups excluding tert-OH is 2. The summed E-state index contributed by atoms with van der Waals surface area (Å²) in [6.45, 7) is 4.97. The molecule has 416 valence electrons. The van der Waals surface area contributed by atoms with Crippen LogP contribution >= 0.6 is 0 Å². The molecule has 1 amide bonds. The maximum atomic E-state index is 12.5. The number of rotatable bonds is 60. The van der Waals surface area contributed by atoms with Gasteiger partial charge in [0.15, 0.2) is 0 Å². The summed E-state index contributed by atoms with van der Waals surface area (Å²) >= 11 is 0. The van der Waals surface area contributed by atoms with Gasteiger partial charge in [-0.25, -0.2) is 0 Å². The van der Waals surface area contributed by atoms with E-state index in [4.69, 9.17) is 4.74 Å². The molecule has 0 aromatic heterocycles. The Hall–Kier alpha value is -1.40. The minimum Gasteiger partial charge on any atom is -0.466 e. The topological polar surface area (TPSA) is 95.9 Å². The molecule has 0 fully saturated rings. The molecular weight excluding hydrogens is 863 g/mol. The molecule has 2 atom stereocenters. The van der Waals surface area contributed by atoms with Gasteiger partial charge in [-0.15, -0.1) is 0 Å². The summed E-state index contributed by atoms with van der Waals surface area (Å²) in [4.78, 5) is 24.5. The van der Waals surface area contributed by atoms with Crippen molar-refractivity contribution in [2.24, 2.45) is 0 Å². The Bertz CT molecular complexity index is 1050. The number of nitrogens with one attached hydrogen (secondary N) is 1. The lowest BCUT2D eigenvalue weighted by molar-refractivity contribution is -0.143. The van der Waals surface area contributed by atoms with E-state index in [0.29, 0.717) is 25.9 Å². The molecule has 0 bridgehead atoms. The Morgan fingerprint density at radius 2 is 0.671 bits per heavy atom. The third-order valence-electron chi connectivity index (χ3n) is 15.1. The Morgan fingerprint density at radius 3 is 1.01 bits per heavy atom. The molecule has 0 aromatic carbocycles. The molecule has 0 aliphatic heterocycles. The molecule has 0 rings (SSSR count). The van der Waals surface area contributed by atoms with E-state index in [0.717, 1.165) is 38.5 Å². The highest BCUT2D eigenvalue weighted by Crippen LogP contribution is 2.18. The van der Waals surface area contributed by atoms with Crippen molar-refractivity contribution in [3.63, 3.8) is 0 Å². The third-order valence-corrected chi connectivity index (χ3v) is 15.1. The number of ether oxygens (including phenoxy) is 1. The third kappa shape index (κ3) is 55.9. The van der Waals surface area contributed by atoms with Crippen LogP contribution in [0, 0.1) is 0 Å². The first-order valence-electron chi connectivity index (χ1n) is 31.9. The number of hydrogen-bond donors (Lipinski definition) is 3. The maximum Gasteiger partial charge on any atom is 0.305 e. The molecule has 0 spiro atoms. The Morgan fingerprint density at radius 1 is 0.386 bits per heavy atom. The minimum absolute atomic E-state index is 0.0167. The van der Waals surface area contributed by atoms with Crippen molar-refractivity contribution in [2.75, 3.05) is 13.2 Å². The van der Waals surface area contributed by atoms with E-state index in [1.165, 1.54) is 289 Å². The van der Waals surface area contributed by atoms with Crippen LogP contribution in [0.4, 0.5) is 0 Å². The van der Waals surface area contributed by atoms with Gasteiger partial charge in [0.05, 0.1) is 25.4 Å². The second-order valence-corrected chi connectivity index (χ2v) is 22.1. The van der Waals surface area contributed by atoms with Gasteiger partial charge >= 0.3 is 5.97 Å². The molecule has 0 aromatic rings. The summed E-state index contributed by atoms with van der Waals surface area (Å²) in [5.74, 6) is -0.0156. The molecule has 0 radical (unpaired) electrons. The molecule has 6 nitrogen and oxygen atoms in total. The van der Waals surface area contributed by atoms with Crippen LogP contribution in [0.25, 0.3) is 0 Å². The van der Waals surface area contributed by atoms with Gasteiger partial charge in [0, 0.05) is 12.8 Å². The number of allylic oxidation sites excluding steroid dienone is 2. The lowest BCUT2D eigenvalue weighted by atomic mass is 10.0. The average Bonchev–Trinajstić information content (AvgIpc) is 3.36. The van der Waals surface area contributed by atoms with Crippen LogP contribution in [0.5, 0.6) is 0 Å². The lowest BCUT2D eigenvalue weighted by Gasteiger charge is -2.22. The molecule has 70 heavy (non-hydrogen) atoms. The van der Waals surface area contributed by atoms with Crippen LogP contribution in [0.15, 0.2) is 12.2 Å². The van der Waals surface area contributed by atoms with Crippen molar-refractivity contribution in [1.82, 2.24) is 5.32 Å². The highest BCUT2D eigenvalue weighted by molar-refractivity contribution is 5.76. The zero-order chi connectivity index (χ0) is 50.7. The highest BCUT2D eigenvalue weighted by Gasteiger charge is 2.20. The number of unbranched alkanes of at least 4 members (excludes halogenated alkanes) is 47. The zero-order valence-corrected chi connectivity index (χ0v) is 47.5. The van der Waals surface area contributed by atoms with Crippen LogP contribution in [-0.2, 0) is 14.3 Å². The smallest absolute Gasteiger partial charge is 0.305 e. The average molecular weight is 989 g/mol. The fraction of sp³-hybridized carbons (Fsp3) is 0.938. The van der Waals surface area contributed by atoms with E-state index < -0.39 is 12.1 Å². The van der Waals surface area contributed by atoms with Gasteiger partial charge in [0.1, 0.15) is 0 Å². The molecule has 0 aliphatic rings. The van der Waals surface area contributed by atoms with Gasteiger partial charge in [-0.2, -0.15) is 0 Å². The fourth-order valence-electron chi connectivity index (χ4n) is 10.2. The van der Waals surface area contributed by atoms with E-state index in [1.807, 2.05) is 0 Å². The number of carbonyl (C=O) groups is 2. The van der Waals surface area contributed by atoms with Crippen molar-refractivity contribution in [3.05, 3.63) is 12.2 Å². The quantitative estimate of drug-likeness (QED) is 0.0321. The minimum atomic E-state index is -0.662. The fourth-order valence-corrected chi connectivity index (χ4v) is 10.2. The molecule has 0 aliphatic carbocycles. The van der Waals surface area contributed by atoms with E-state index in [-0.39, 0.29) is 18.5 Å². The summed E-state index contributed by atoms with van der Waals surface area (Å²) in [7, 11) is 0. The van der Waals surface area contributed by atoms with Gasteiger partial charge in [-0.3, -0.25) is 9.59 Å². The molecule has 6 heteroatoms. The summed E-state index contributed by atoms with van der Waals surface area (Å²) in [6.07, 6.45) is 72.4. The molecule has 0 heterocycles. The first-order chi connectivity index (χ1) is 34.5. The predicted octanol–water partition coefficient (Wildman–Crippen LogP) is 20.0. The Kier molecular flexibility index (Phi) is 59.0. The second-order valence-electron chi connectivity index (χ2n) is 22.1. The lowest BCUT2D eigenvalue weighted by Crippen LogP contribution is -2.45. The highest BCUT2D eigenvalue weighted by atomic mass is 16.5. The van der Waals surface area contributed by atoms with Crippen LogP contribution in [-0.4, -0.2) is 47.4 Å². The number of carbonyl (C=O) groups excluding carboxylic acids is 2. The number of hydrogen-bond acceptors (Lipinski definition) is 5. The summed E-state index contributed by atoms with van der Waals surface area (Å²) in [5, 5.41) is 23.3. The maximum absolute atomic E-state index is 12.5. The molecule has 0 saturated heterocycles. The Labute approximate surface area is 438 Å². The number of amides is 1. The van der Waals surface area contributed by atoms with E-state index in [1.54, 1.807) is 0 Å². The van der Waals surface area contributed by atoms with Gasteiger partial charge in [0.25, 0.3) is 0 Å². The summed E-state index contributed by atoms with van der Waals surface area (Å²) in [5.41, 5.74) is 0. The first-order valence-corrected chi connectivity index (χ1v) is 31.9. The predicted molar refractivity (Wildman–Crippen MR) is 306 cm³/mol. The van der Waals surface area contributed by atoms with Gasteiger partial charge in [-0.1, -0.05) is 309 Å². The van der Waals surface area contributed by atoms with E-state index >= 15 is 0 Å². The van der Waals surface area contributed by atoms with Crippen LogP contribution in [0.1, 0.15) is 361 Å². The number of aliphatic hydroxyl groups is 2. The van der Waals surface area contributed by atoms with Crippen LogP contribution < -0.4 is 5.32 Å². The largest absolute Gasteiger partial charge is 0.466 e. The molecule has 2 unspecified atom stereocenters. The number of esters is 1.